The number of benzene rings is 4. The number of aliphatic hydroxyl groups is 1. The Bertz CT molecular complexity index is 2110. The summed E-state index contributed by atoms with van der Waals surface area (Å²) in [5.41, 5.74) is 6.95. The second kappa shape index (κ2) is 18.1. The number of alkyl halides is 3. The third-order valence-corrected chi connectivity index (χ3v) is 11.3. The summed E-state index contributed by atoms with van der Waals surface area (Å²) in [5, 5.41) is 14.9. The number of nitrogen functional groups attached to an aromatic ring is 1. The molecule has 0 saturated heterocycles. The average molecular weight is 809 g/mol. The molecular weight excluding hydrogens is 758 g/mol. The molecule has 4 aromatic rings. The van der Waals surface area contributed by atoms with Gasteiger partial charge in [-0.05, 0) is 73.5 Å². The summed E-state index contributed by atoms with van der Waals surface area (Å²) < 4.78 is 47.2. The van der Waals surface area contributed by atoms with Crippen LogP contribution in [0.15, 0.2) is 125 Å². The first-order valence-corrected chi connectivity index (χ1v) is 20.3. The number of nitrogens with two attached hydrogens (primary N) is 1. The number of nitrogens with one attached hydrogen (secondary N) is 1. The molecule has 310 valence electrons. The molecule has 59 heavy (non-hydrogen) atoms. The summed E-state index contributed by atoms with van der Waals surface area (Å²) in [5.74, 6) is 0.0848. The molecule has 0 fully saturated rings. The molecule has 2 atom stereocenters. The van der Waals surface area contributed by atoms with Crippen molar-refractivity contribution in [1.82, 2.24) is 15.1 Å². The number of rotatable bonds is 17. The lowest BCUT2D eigenvalue weighted by molar-refractivity contribution is -0.137. The van der Waals surface area contributed by atoms with Crippen molar-refractivity contribution in [2.24, 2.45) is 4.99 Å². The highest BCUT2D eigenvalue weighted by Crippen LogP contribution is 2.40. The second-order valence-corrected chi connectivity index (χ2v) is 15.6. The quantitative estimate of drug-likeness (QED) is 0.0733. The lowest BCUT2D eigenvalue weighted by atomic mass is 9.86. The van der Waals surface area contributed by atoms with Crippen LogP contribution in [0.3, 0.4) is 0 Å². The number of amides is 3. The second-order valence-electron chi connectivity index (χ2n) is 15.6. The maximum absolute atomic E-state index is 13.9. The van der Waals surface area contributed by atoms with Crippen LogP contribution in [0.25, 0.3) is 0 Å². The van der Waals surface area contributed by atoms with Crippen LogP contribution in [0.1, 0.15) is 73.2 Å². The van der Waals surface area contributed by atoms with Crippen molar-refractivity contribution in [2.45, 2.75) is 68.9 Å². The number of halogens is 3. The van der Waals surface area contributed by atoms with E-state index in [9.17, 15) is 27.9 Å². The van der Waals surface area contributed by atoms with Crippen LogP contribution in [-0.4, -0.2) is 78.6 Å². The lowest BCUT2D eigenvalue weighted by Gasteiger charge is -2.34. The van der Waals surface area contributed by atoms with E-state index in [4.69, 9.17) is 10.5 Å². The Morgan fingerprint density at radius 1 is 0.831 bits per heavy atom. The molecule has 3 aliphatic heterocycles. The van der Waals surface area contributed by atoms with Crippen molar-refractivity contribution >= 4 is 29.2 Å². The number of unbranched alkanes of at least 4 members (excludes halogenated alkanes) is 6. The summed E-state index contributed by atoms with van der Waals surface area (Å²) in [4.78, 5) is 37.3. The highest BCUT2D eigenvalue weighted by atomic mass is 19.4. The van der Waals surface area contributed by atoms with Crippen LogP contribution in [0.5, 0.6) is 0 Å². The third-order valence-electron chi connectivity index (χ3n) is 11.3. The standard InChI is InChI=1S/C46H51F3N6O4/c1-53(30-38-29-51-43(59-38)45(58,33-16-9-7-10-17-33)34-18-11-8-12-19-34)26-13-5-3-2-4-6-14-27-54-31-39-40(42(54)56)41(32-22-24-36(50)25-23-32)52-44(57)55(39)37-21-15-20-35(28-37)46(47,48)49/h7-12,15-25,28,38,41,58H,2-6,13-14,26-27,29-31,50H2,1H3,(H,52,57)/t38?,41-/m1/s1. The zero-order valence-corrected chi connectivity index (χ0v) is 33.2. The zero-order chi connectivity index (χ0) is 41.6. The Labute approximate surface area is 343 Å². The fraction of sp³-hybridized carbons (Fsp3) is 0.370. The molecule has 7 rings (SSSR count). The van der Waals surface area contributed by atoms with E-state index >= 15 is 0 Å². The maximum Gasteiger partial charge on any atom is 0.416 e. The molecule has 0 aliphatic carbocycles. The topological polar surface area (TPSA) is 124 Å². The normalized spacial score (nSPS) is 18.3. The Balaban J connectivity index is 0.852. The van der Waals surface area contributed by atoms with Gasteiger partial charge < -0.3 is 30.7 Å². The fourth-order valence-corrected chi connectivity index (χ4v) is 8.20. The van der Waals surface area contributed by atoms with Gasteiger partial charge in [0, 0.05) is 18.8 Å². The van der Waals surface area contributed by atoms with Crippen molar-refractivity contribution in [2.75, 3.05) is 50.4 Å². The Morgan fingerprint density at radius 3 is 2.08 bits per heavy atom. The van der Waals surface area contributed by atoms with Gasteiger partial charge in [-0.3, -0.25) is 9.69 Å². The van der Waals surface area contributed by atoms with Crippen LogP contribution >= 0.6 is 0 Å². The van der Waals surface area contributed by atoms with Gasteiger partial charge in [-0.2, -0.15) is 13.2 Å². The van der Waals surface area contributed by atoms with Crippen molar-refractivity contribution in [1.29, 1.82) is 0 Å². The number of anilines is 2. The molecular formula is C46H51F3N6O4. The van der Waals surface area contributed by atoms with E-state index in [1.54, 1.807) is 29.2 Å². The number of aliphatic imine (C=N–C) groups is 1. The van der Waals surface area contributed by atoms with Crippen molar-refractivity contribution in [3.05, 3.63) is 143 Å². The lowest BCUT2D eigenvalue weighted by Crippen LogP contribution is -2.47. The highest BCUT2D eigenvalue weighted by Gasteiger charge is 2.45. The minimum absolute atomic E-state index is 0.0480. The first-order valence-electron chi connectivity index (χ1n) is 20.3. The van der Waals surface area contributed by atoms with Crippen molar-refractivity contribution < 1.29 is 32.6 Å². The fourth-order valence-electron chi connectivity index (χ4n) is 8.20. The predicted molar refractivity (Wildman–Crippen MR) is 223 cm³/mol. The number of carbonyl (C=O) groups excluding carboxylic acids is 2. The molecule has 0 bridgehead atoms. The van der Waals surface area contributed by atoms with Crippen LogP contribution in [0.4, 0.5) is 29.3 Å². The molecule has 13 heteroatoms. The zero-order valence-electron chi connectivity index (χ0n) is 33.2. The molecule has 3 aliphatic rings. The van der Waals surface area contributed by atoms with E-state index in [0.29, 0.717) is 59.2 Å². The molecule has 0 spiro atoms. The number of ether oxygens (including phenoxy) is 1. The number of urea groups is 1. The number of likely N-dealkylation sites (N-methyl/N-ethyl adjacent to an activating group) is 1. The Kier molecular flexibility index (Phi) is 12.7. The first-order chi connectivity index (χ1) is 28.4. The molecule has 0 aromatic heterocycles. The van der Waals surface area contributed by atoms with Crippen LogP contribution in [0, 0.1) is 0 Å². The minimum Gasteiger partial charge on any atom is -0.472 e. The van der Waals surface area contributed by atoms with Gasteiger partial charge in [0.15, 0.2) is 5.60 Å². The number of hydrogen-bond acceptors (Lipinski definition) is 7. The van der Waals surface area contributed by atoms with Gasteiger partial charge >= 0.3 is 12.2 Å². The van der Waals surface area contributed by atoms with Crippen LogP contribution in [0.2, 0.25) is 0 Å². The van der Waals surface area contributed by atoms with Gasteiger partial charge in [0.05, 0.1) is 41.7 Å². The minimum atomic E-state index is -4.59. The molecule has 0 saturated carbocycles. The van der Waals surface area contributed by atoms with E-state index < -0.39 is 29.4 Å². The smallest absolute Gasteiger partial charge is 0.416 e. The summed E-state index contributed by atoms with van der Waals surface area (Å²) in [6.07, 6.45) is 2.23. The first kappa shape index (κ1) is 41.5. The molecule has 3 amide bonds. The molecule has 3 heterocycles. The molecule has 0 radical (unpaired) electrons. The van der Waals surface area contributed by atoms with E-state index in [1.165, 1.54) is 17.0 Å². The van der Waals surface area contributed by atoms with Gasteiger partial charge in [-0.1, -0.05) is 111 Å². The monoisotopic (exact) mass is 808 g/mol. The largest absolute Gasteiger partial charge is 0.472 e. The SMILES string of the molecule is CN(CCCCCCCCCN1CC2=C(C1=O)[C@@H](c1ccc(N)cc1)NC(=O)N2c1cccc(C(F)(F)F)c1)CC1CN=C(C(O)(c2ccccc2)c2ccccc2)O1. The van der Waals surface area contributed by atoms with Crippen LogP contribution in [-0.2, 0) is 21.3 Å². The average Bonchev–Trinajstić information content (AvgIpc) is 3.84. The number of hydrogen-bond donors (Lipinski definition) is 3. The van der Waals surface area contributed by atoms with Crippen molar-refractivity contribution in [3.8, 4) is 0 Å². The van der Waals surface area contributed by atoms with Gasteiger partial charge in [-0.25, -0.2) is 9.79 Å². The van der Waals surface area contributed by atoms with Gasteiger partial charge in [0.2, 0.25) is 5.90 Å². The van der Waals surface area contributed by atoms with Gasteiger partial charge in [-0.15, -0.1) is 0 Å². The maximum atomic E-state index is 13.9. The highest BCUT2D eigenvalue weighted by molar-refractivity contribution is 6.07. The number of carbonyl (C=O) groups is 2. The summed E-state index contributed by atoms with van der Waals surface area (Å²) in [6.45, 7) is 2.69. The summed E-state index contributed by atoms with van der Waals surface area (Å²) >= 11 is 0. The summed E-state index contributed by atoms with van der Waals surface area (Å²) in [7, 11) is 2.08. The van der Waals surface area contributed by atoms with E-state index in [1.807, 2.05) is 60.7 Å². The molecule has 4 aromatic carbocycles. The van der Waals surface area contributed by atoms with Gasteiger partial charge in [0.25, 0.3) is 5.91 Å². The third kappa shape index (κ3) is 9.31. The van der Waals surface area contributed by atoms with E-state index in [0.717, 1.165) is 63.6 Å². The molecule has 10 nitrogen and oxygen atoms in total. The van der Waals surface area contributed by atoms with Crippen molar-refractivity contribution in [3.63, 3.8) is 0 Å². The van der Waals surface area contributed by atoms with Gasteiger partial charge in [0.1, 0.15) is 6.10 Å². The van der Waals surface area contributed by atoms with E-state index in [-0.39, 0.29) is 24.2 Å². The van der Waals surface area contributed by atoms with Crippen LogP contribution < -0.4 is 16.0 Å². The number of nitrogens with zero attached hydrogens (tertiary/aromatic N) is 4. The predicted octanol–water partition coefficient (Wildman–Crippen LogP) is 8.05. The molecule has 1 unspecified atom stereocenters. The Morgan fingerprint density at radius 2 is 1.44 bits per heavy atom. The van der Waals surface area contributed by atoms with E-state index in [2.05, 4.69) is 22.3 Å². The Hall–Kier alpha value is -5.66. The summed E-state index contributed by atoms with van der Waals surface area (Å²) in [6, 6.07) is 29.1. The molecule has 4 N–H and O–H groups in total.